The maximum atomic E-state index is 10.8. The normalized spacial score (nSPS) is 19.7. The lowest BCUT2D eigenvalue weighted by atomic mass is 10.2. The van der Waals surface area contributed by atoms with Crippen LogP contribution >= 0.6 is 15.9 Å². The van der Waals surface area contributed by atoms with Crippen LogP contribution in [0.25, 0.3) is 0 Å². The summed E-state index contributed by atoms with van der Waals surface area (Å²) < 4.78 is 6.27. The Kier molecular flexibility index (Phi) is 3.40. The molecular formula is C10H11BrN2O3. The highest BCUT2D eigenvalue weighted by molar-refractivity contribution is 9.10. The van der Waals surface area contributed by atoms with E-state index in [1.165, 1.54) is 6.07 Å². The maximum Gasteiger partial charge on any atom is 0.312 e. The molecule has 0 bridgehead atoms. The molecule has 1 saturated heterocycles. The first-order chi connectivity index (χ1) is 7.68. The van der Waals surface area contributed by atoms with Crippen molar-refractivity contribution in [1.82, 2.24) is 5.32 Å². The molecule has 2 rings (SSSR count). The lowest BCUT2D eigenvalue weighted by Gasteiger charge is -2.13. The fourth-order valence-electron chi connectivity index (χ4n) is 1.65. The quantitative estimate of drug-likeness (QED) is 0.683. The Morgan fingerprint density at radius 3 is 3.00 bits per heavy atom. The van der Waals surface area contributed by atoms with Crippen molar-refractivity contribution in [3.8, 4) is 5.75 Å². The average molecular weight is 287 g/mol. The number of nitro groups is 1. The predicted molar refractivity (Wildman–Crippen MR) is 62.7 cm³/mol. The lowest BCUT2D eigenvalue weighted by Crippen LogP contribution is -2.20. The van der Waals surface area contributed by atoms with Crippen LogP contribution in [0.1, 0.15) is 6.42 Å². The van der Waals surface area contributed by atoms with Crippen molar-refractivity contribution in [1.29, 1.82) is 0 Å². The van der Waals surface area contributed by atoms with E-state index in [9.17, 15) is 10.1 Å². The highest BCUT2D eigenvalue weighted by Gasteiger charge is 2.23. The second-order valence-corrected chi connectivity index (χ2v) is 4.43. The largest absolute Gasteiger partial charge is 0.481 e. The highest BCUT2D eigenvalue weighted by atomic mass is 79.9. The molecule has 1 aliphatic heterocycles. The van der Waals surface area contributed by atoms with Crippen LogP contribution in [0.2, 0.25) is 0 Å². The van der Waals surface area contributed by atoms with Gasteiger partial charge in [-0.2, -0.15) is 0 Å². The molecule has 0 aromatic heterocycles. The van der Waals surface area contributed by atoms with Gasteiger partial charge in [0.05, 0.1) is 9.40 Å². The van der Waals surface area contributed by atoms with E-state index in [1.807, 2.05) is 0 Å². The van der Waals surface area contributed by atoms with Gasteiger partial charge in [0.2, 0.25) is 5.75 Å². The first kappa shape index (κ1) is 11.3. The standard InChI is InChI=1S/C10H11BrN2O3/c11-8-2-1-3-9(13(14)15)10(8)16-7-4-5-12-6-7/h1-3,7,12H,4-6H2/t7-/m1/s1. The molecule has 6 heteroatoms. The molecule has 5 nitrogen and oxygen atoms in total. The van der Waals surface area contributed by atoms with Gasteiger partial charge in [-0.25, -0.2) is 0 Å². The molecule has 1 atom stereocenters. The van der Waals surface area contributed by atoms with Crippen molar-refractivity contribution < 1.29 is 9.66 Å². The van der Waals surface area contributed by atoms with Gasteiger partial charge in [-0.05, 0) is 35.0 Å². The van der Waals surface area contributed by atoms with Crippen molar-refractivity contribution in [2.75, 3.05) is 13.1 Å². The molecule has 0 spiro atoms. The van der Waals surface area contributed by atoms with Gasteiger partial charge < -0.3 is 10.1 Å². The molecule has 0 unspecified atom stereocenters. The Bertz CT molecular complexity index is 405. The third-order valence-electron chi connectivity index (χ3n) is 2.44. The number of nitro benzene ring substituents is 1. The van der Waals surface area contributed by atoms with Gasteiger partial charge in [0, 0.05) is 12.6 Å². The van der Waals surface area contributed by atoms with Crippen LogP contribution in [0.15, 0.2) is 22.7 Å². The van der Waals surface area contributed by atoms with E-state index in [0.717, 1.165) is 19.5 Å². The number of nitrogens with zero attached hydrogens (tertiary/aromatic N) is 1. The van der Waals surface area contributed by atoms with Crippen molar-refractivity contribution in [3.05, 3.63) is 32.8 Å². The molecule has 0 amide bonds. The first-order valence-electron chi connectivity index (χ1n) is 4.99. The highest BCUT2D eigenvalue weighted by Crippen LogP contribution is 2.35. The summed E-state index contributed by atoms with van der Waals surface area (Å²) in [4.78, 5) is 10.4. The summed E-state index contributed by atoms with van der Waals surface area (Å²) in [6.07, 6.45) is 0.885. The number of benzene rings is 1. The zero-order valence-corrected chi connectivity index (χ0v) is 10.1. The fraction of sp³-hybridized carbons (Fsp3) is 0.400. The van der Waals surface area contributed by atoms with E-state index in [0.29, 0.717) is 10.2 Å². The minimum absolute atomic E-state index is 0.00118. The molecule has 1 heterocycles. The maximum absolute atomic E-state index is 10.8. The van der Waals surface area contributed by atoms with Crippen LogP contribution in [0.4, 0.5) is 5.69 Å². The number of nitrogens with one attached hydrogen (secondary N) is 1. The predicted octanol–water partition coefficient (Wildman–Crippen LogP) is 2.10. The second-order valence-electron chi connectivity index (χ2n) is 3.58. The molecule has 1 aromatic rings. The minimum atomic E-state index is -0.428. The molecular weight excluding hydrogens is 276 g/mol. The Hall–Kier alpha value is -1.14. The van der Waals surface area contributed by atoms with E-state index >= 15 is 0 Å². The van der Waals surface area contributed by atoms with Crippen molar-refractivity contribution in [2.24, 2.45) is 0 Å². The van der Waals surface area contributed by atoms with Crippen LogP contribution in [-0.4, -0.2) is 24.1 Å². The SMILES string of the molecule is O=[N+]([O-])c1cccc(Br)c1O[C@@H]1CCNC1. The zero-order chi connectivity index (χ0) is 11.5. The topological polar surface area (TPSA) is 64.4 Å². The van der Waals surface area contributed by atoms with Crippen LogP contribution in [-0.2, 0) is 0 Å². The summed E-state index contributed by atoms with van der Waals surface area (Å²) in [5.41, 5.74) is 0.00118. The number of halogens is 1. The minimum Gasteiger partial charge on any atom is -0.481 e. The van der Waals surface area contributed by atoms with Crippen LogP contribution < -0.4 is 10.1 Å². The third kappa shape index (κ3) is 2.33. The Morgan fingerprint density at radius 2 is 2.38 bits per heavy atom. The van der Waals surface area contributed by atoms with Gasteiger partial charge in [0.15, 0.2) is 0 Å². The Labute approximate surface area is 101 Å². The number of hydrogen-bond donors (Lipinski definition) is 1. The monoisotopic (exact) mass is 286 g/mol. The van der Waals surface area contributed by atoms with Gasteiger partial charge >= 0.3 is 5.69 Å². The molecule has 1 fully saturated rings. The molecule has 16 heavy (non-hydrogen) atoms. The van der Waals surface area contributed by atoms with Gasteiger partial charge in [-0.1, -0.05) is 6.07 Å². The summed E-state index contributed by atoms with van der Waals surface area (Å²) in [5, 5.41) is 14.0. The van der Waals surface area contributed by atoms with Crippen LogP contribution in [0.5, 0.6) is 5.75 Å². The summed E-state index contributed by atoms with van der Waals surface area (Å²) in [6, 6.07) is 4.81. The molecule has 0 saturated carbocycles. The summed E-state index contributed by atoms with van der Waals surface area (Å²) in [6.45, 7) is 1.63. The van der Waals surface area contributed by atoms with E-state index in [2.05, 4.69) is 21.2 Å². The summed E-state index contributed by atoms with van der Waals surface area (Å²) in [7, 11) is 0. The van der Waals surface area contributed by atoms with Gasteiger partial charge in [-0.15, -0.1) is 0 Å². The van der Waals surface area contributed by atoms with Crippen LogP contribution in [0, 0.1) is 10.1 Å². The van der Waals surface area contributed by atoms with Crippen LogP contribution in [0.3, 0.4) is 0 Å². The number of para-hydroxylation sites is 1. The lowest BCUT2D eigenvalue weighted by molar-refractivity contribution is -0.386. The van der Waals surface area contributed by atoms with E-state index in [4.69, 9.17) is 4.74 Å². The number of rotatable bonds is 3. The molecule has 1 aliphatic rings. The van der Waals surface area contributed by atoms with E-state index < -0.39 is 4.92 Å². The van der Waals surface area contributed by atoms with Crippen molar-refractivity contribution in [3.63, 3.8) is 0 Å². The van der Waals surface area contributed by atoms with Gasteiger partial charge in [0.1, 0.15) is 6.10 Å². The molecule has 1 aromatic carbocycles. The Balaban J connectivity index is 2.26. The van der Waals surface area contributed by atoms with E-state index in [1.54, 1.807) is 12.1 Å². The molecule has 1 N–H and O–H groups in total. The molecule has 0 aliphatic carbocycles. The van der Waals surface area contributed by atoms with Gasteiger partial charge in [-0.3, -0.25) is 10.1 Å². The Morgan fingerprint density at radius 1 is 1.56 bits per heavy atom. The fourth-order valence-corrected chi connectivity index (χ4v) is 2.10. The van der Waals surface area contributed by atoms with Crippen molar-refractivity contribution >= 4 is 21.6 Å². The second kappa shape index (κ2) is 4.80. The van der Waals surface area contributed by atoms with E-state index in [-0.39, 0.29) is 11.8 Å². The number of ether oxygens (including phenoxy) is 1. The smallest absolute Gasteiger partial charge is 0.312 e. The molecule has 0 radical (unpaired) electrons. The first-order valence-corrected chi connectivity index (χ1v) is 5.78. The number of hydrogen-bond acceptors (Lipinski definition) is 4. The summed E-state index contributed by atoms with van der Waals surface area (Å²) in [5.74, 6) is 0.321. The molecule has 86 valence electrons. The third-order valence-corrected chi connectivity index (χ3v) is 3.07. The van der Waals surface area contributed by atoms with Gasteiger partial charge in [0.25, 0.3) is 0 Å². The zero-order valence-electron chi connectivity index (χ0n) is 8.48. The summed E-state index contributed by atoms with van der Waals surface area (Å²) >= 11 is 3.27. The average Bonchev–Trinajstić information content (AvgIpc) is 2.73. The van der Waals surface area contributed by atoms with Crippen molar-refractivity contribution in [2.45, 2.75) is 12.5 Å².